The molecule has 0 fully saturated rings. The van der Waals surface area contributed by atoms with Gasteiger partial charge in [-0.15, -0.1) is 0 Å². The molecule has 0 unspecified atom stereocenters. The molecular weight excluding hydrogens is 385 g/mol. The average molecular weight is 402 g/mol. The second-order valence-electron chi connectivity index (χ2n) is 6.64. The van der Waals surface area contributed by atoms with Crippen LogP contribution in [0.3, 0.4) is 0 Å². The van der Waals surface area contributed by atoms with Crippen molar-refractivity contribution in [3.63, 3.8) is 0 Å². The molecule has 2 heterocycles. The zero-order chi connectivity index (χ0) is 20.8. The maximum atomic E-state index is 14.0. The summed E-state index contributed by atoms with van der Waals surface area (Å²) in [5.41, 5.74) is 7.01. The molecule has 3 aromatic rings. The number of nitrogens with two attached hydrogens (primary N) is 1. The summed E-state index contributed by atoms with van der Waals surface area (Å²) < 4.78 is 52.6. The van der Waals surface area contributed by atoms with Gasteiger partial charge in [0.15, 0.2) is 11.5 Å². The van der Waals surface area contributed by atoms with E-state index in [0.717, 1.165) is 11.1 Å². The van der Waals surface area contributed by atoms with Crippen molar-refractivity contribution < 1.29 is 22.6 Å². The molecule has 1 aromatic heterocycles. The van der Waals surface area contributed by atoms with E-state index in [0.29, 0.717) is 17.2 Å². The fourth-order valence-electron chi connectivity index (χ4n) is 3.05. The molecule has 0 amide bonds. The van der Waals surface area contributed by atoms with Crippen LogP contribution in [0.2, 0.25) is 0 Å². The van der Waals surface area contributed by atoms with Crippen LogP contribution in [0.1, 0.15) is 16.7 Å². The predicted molar refractivity (Wildman–Crippen MR) is 102 cm³/mol. The van der Waals surface area contributed by atoms with E-state index in [1.54, 1.807) is 12.1 Å². The zero-order valence-electron chi connectivity index (χ0n) is 15.6. The van der Waals surface area contributed by atoms with Crippen LogP contribution in [-0.4, -0.2) is 16.8 Å². The highest BCUT2D eigenvalue weighted by Crippen LogP contribution is 2.43. The summed E-state index contributed by atoms with van der Waals surface area (Å²) in [6, 6.07) is 9.69. The lowest BCUT2D eigenvalue weighted by Gasteiger charge is -2.18. The Morgan fingerprint density at radius 2 is 1.72 bits per heavy atom. The van der Waals surface area contributed by atoms with Crippen molar-refractivity contribution in [2.24, 2.45) is 0 Å². The number of ether oxygens (including phenoxy) is 2. The number of alkyl halides is 3. The van der Waals surface area contributed by atoms with Gasteiger partial charge in [-0.25, -0.2) is 4.98 Å². The molecular formula is C20H17F3N4O2. The molecule has 0 atom stereocenters. The third-order valence-corrected chi connectivity index (χ3v) is 4.63. The van der Waals surface area contributed by atoms with E-state index in [-0.39, 0.29) is 24.0 Å². The average Bonchev–Trinajstić information content (AvgIpc) is 3.11. The topological polar surface area (TPSA) is 82.3 Å². The first-order valence-corrected chi connectivity index (χ1v) is 8.71. The number of rotatable bonds is 3. The zero-order valence-corrected chi connectivity index (χ0v) is 15.6. The lowest BCUT2D eigenvalue weighted by atomic mass is 10.0. The Hall–Kier alpha value is -3.49. The van der Waals surface area contributed by atoms with Gasteiger partial charge in [0.25, 0.3) is 0 Å². The second-order valence-corrected chi connectivity index (χ2v) is 6.64. The van der Waals surface area contributed by atoms with Crippen LogP contribution in [-0.2, 0) is 6.18 Å². The van der Waals surface area contributed by atoms with Gasteiger partial charge in [0.2, 0.25) is 12.7 Å². The van der Waals surface area contributed by atoms with Gasteiger partial charge in [-0.05, 0) is 55.3 Å². The Morgan fingerprint density at radius 1 is 0.966 bits per heavy atom. The number of aromatic nitrogens is 2. The third kappa shape index (κ3) is 3.63. The number of halogens is 3. The Kier molecular flexibility index (Phi) is 4.45. The van der Waals surface area contributed by atoms with E-state index >= 15 is 0 Å². The highest BCUT2D eigenvalue weighted by molar-refractivity contribution is 5.75. The number of hydrogen-bond donors (Lipinski definition) is 2. The van der Waals surface area contributed by atoms with Crippen LogP contribution in [0.15, 0.2) is 36.4 Å². The quantitative estimate of drug-likeness (QED) is 0.653. The minimum Gasteiger partial charge on any atom is -0.454 e. The lowest BCUT2D eigenvalue weighted by molar-refractivity contribution is -0.136. The monoisotopic (exact) mass is 402 g/mol. The van der Waals surface area contributed by atoms with Gasteiger partial charge in [0.1, 0.15) is 11.4 Å². The van der Waals surface area contributed by atoms with Crippen LogP contribution in [0.25, 0.3) is 11.3 Å². The van der Waals surface area contributed by atoms with Crippen molar-refractivity contribution in [1.82, 2.24) is 9.97 Å². The maximum Gasteiger partial charge on any atom is 0.422 e. The summed E-state index contributed by atoms with van der Waals surface area (Å²) in [7, 11) is 0. The molecule has 0 saturated carbocycles. The summed E-state index contributed by atoms with van der Waals surface area (Å²) in [6.07, 6.45) is -4.72. The number of benzene rings is 2. The van der Waals surface area contributed by atoms with Crippen molar-refractivity contribution in [2.75, 3.05) is 17.8 Å². The fraction of sp³-hybridized carbons (Fsp3) is 0.200. The van der Waals surface area contributed by atoms with E-state index in [9.17, 15) is 13.2 Å². The molecule has 4 rings (SSSR count). The Morgan fingerprint density at radius 3 is 2.45 bits per heavy atom. The normalized spacial score (nSPS) is 12.9. The van der Waals surface area contributed by atoms with E-state index in [2.05, 4.69) is 15.3 Å². The molecule has 0 spiro atoms. The number of nitrogen functional groups attached to an aromatic ring is 1. The molecule has 29 heavy (non-hydrogen) atoms. The SMILES string of the molecule is Cc1ccc(Nc2nc(N)nc(-c3ccc4c(c3)OCO4)c2C(F)(F)F)cc1C. The molecule has 6 nitrogen and oxygen atoms in total. The summed E-state index contributed by atoms with van der Waals surface area (Å²) in [6.45, 7) is 3.80. The molecule has 150 valence electrons. The largest absolute Gasteiger partial charge is 0.454 e. The first kappa shape index (κ1) is 18.9. The van der Waals surface area contributed by atoms with E-state index in [1.165, 1.54) is 18.2 Å². The van der Waals surface area contributed by atoms with Crippen LogP contribution >= 0.6 is 0 Å². The van der Waals surface area contributed by atoms with Crippen molar-refractivity contribution in [3.05, 3.63) is 53.1 Å². The second kappa shape index (κ2) is 6.84. The highest BCUT2D eigenvalue weighted by atomic mass is 19.4. The van der Waals surface area contributed by atoms with E-state index in [1.807, 2.05) is 19.9 Å². The molecule has 1 aliphatic rings. The van der Waals surface area contributed by atoms with Gasteiger partial charge >= 0.3 is 6.18 Å². The van der Waals surface area contributed by atoms with Crippen LogP contribution in [0.5, 0.6) is 11.5 Å². The minimum absolute atomic E-state index is 0.0103. The Balaban J connectivity index is 1.86. The van der Waals surface area contributed by atoms with Crippen molar-refractivity contribution in [1.29, 1.82) is 0 Å². The number of nitrogens with one attached hydrogen (secondary N) is 1. The molecule has 1 aliphatic heterocycles. The molecule has 3 N–H and O–H groups in total. The molecule has 0 saturated heterocycles. The maximum absolute atomic E-state index is 14.0. The number of fused-ring (bicyclic) bond motifs is 1. The third-order valence-electron chi connectivity index (χ3n) is 4.63. The predicted octanol–water partition coefficient (Wildman–Crippen LogP) is 4.83. The Labute approximate surface area is 164 Å². The number of hydrogen-bond acceptors (Lipinski definition) is 6. The van der Waals surface area contributed by atoms with Crippen molar-refractivity contribution in [3.8, 4) is 22.8 Å². The van der Waals surface area contributed by atoms with Crippen molar-refractivity contribution in [2.45, 2.75) is 20.0 Å². The summed E-state index contributed by atoms with van der Waals surface area (Å²) in [5, 5.41) is 2.74. The van der Waals surface area contributed by atoms with Crippen molar-refractivity contribution >= 4 is 17.5 Å². The lowest BCUT2D eigenvalue weighted by Crippen LogP contribution is -2.15. The number of nitrogens with zero attached hydrogens (tertiary/aromatic N) is 2. The minimum atomic E-state index is -4.72. The first-order chi connectivity index (χ1) is 13.7. The molecule has 0 radical (unpaired) electrons. The van der Waals surface area contributed by atoms with Gasteiger partial charge in [-0.3, -0.25) is 0 Å². The number of anilines is 3. The molecule has 0 aliphatic carbocycles. The standard InChI is InChI=1S/C20H17F3N4O2/c1-10-3-5-13(7-11(10)2)25-18-16(20(21,22)23)17(26-19(24)27-18)12-4-6-14-15(8-12)29-9-28-14/h3-8H,9H2,1-2H3,(H3,24,25,26,27). The molecule has 9 heteroatoms. The van der Waals surface area contributed by atoms with Crippen LogP contribution < -0.4 is 20.5 Å². The van der Waals surface area contributed by atoms with E-state index < -0.39 is 17.6 Å². The molecule has 2 aromatic carbocycles. The molecule has 0 bridgehead atoms. The van der Waals surface area contributed by atoms with Gasteiger partial charge in [-0.2, -0.15) is 18.2 Å². The summed E-state index contributed by atoms with van der Waals surface area (Å²) >= 11 is 0. The number of aryl methyl sites for hydroxylation is 2. The Bertz CT molecular complexity index is 1100. The van der Waals surface area contributed by atoms with Gasteiger partial charge < -0.3 is 20.5 Å². The van der Waals surface area contributed by atoms with Gasteiger partial charge in [0.05, 0.1) is 5.69 Å². The summed E-state index contributed by atoms with van der Waals surface area (Å²) in [4.78, 5) is 7.70. The van der Waals surface area contributed by atoms with Crippen LogP contribution in [0, 0.1) is 13.8 Å². The van der Waals surface area contributed by atoms with Gasteiger partial charge in [0, 0.05) is 11.3 Å². The van der Waals surface area contributed by atoms with Gasteiger partial charge in [-0.1, -0.05) is 6.07 Å². The van der Waals surface area contributed by atoms with E-state index in [4.69, 9.17) is 15.2 Å². The summed E-state index contributed by atoms with van der Waals surface area (Å²) in [5.74, 6) is 0.104. The first-order valence-electron chi connectivity index (χ1n) is 8.71. The smallest absolute Gasteiger partial charge is 0.422 e. The highest BCUT2D eigenvalue weighted by Gasteiger charge is 2.39. The van der Waals surface area contributed by atoms with Crippen LogP contribution in [0.4, 0.5) is 30.6 Å². The fourth-order valence-corrected chi connectivity index (χ4v) is 3.05.